The minimum atomic E-state index is -0.824. The number of nitrogens with zero attached hydrogens (tertiary/aromatic N) is 4. The second kappa shape index (κ2) is 8.65. The first-order valence-corrected chi connectivity index (χ1v) is 9.87. The second-order valence-corrected chi connectivity index (χ2v) is 7.28. The largest absolute Gasteiger partial charge is 0.378 e. The van der Waals surface area contributed by atoms with Crippen molar-refractivity contribution in [3.05, 3.63) is 92.0 Å². The summed E-state index contributed by atoms with van der Waals surface area (Å²) in [5.74, 6) is -1.31. The molecule has 0 saturated carbocycles. The Morgan fingerprint density at radius 2 is 1.84 bits per heavy atom. The van der Waals surface area contributed by atoms with Crippen LogP contribution in [0.1, 0.15) is 21.6 Å². The molecule has 1 aliphatic rings. The molecule has 1 saturated heterocycles. The normalized spacial score (nSPS) is 13.9. The number of rotatable bonds is 4. The van der Waals surface area contributed by atoms with Crippen LogP contribution in [0.15, 0.2) is 58.1 Å². The van der Waals surface area contributed by atoms with Gasteiger partial charge >= 0.3 is 5.69 Å². The van der Waals surface area contributed by atoms with Gasteiger partial charge in [0, 0.05) is 13.1 Å². The predicted octanol–water partition coefficient (Wildman–Crippen LogP) is 1.36. The van der Waals surface area contributed by atoms with Crippen molar-refractivity contribution in [3.63, 3.8) is 0 Å². The third kappa shape index (κ3) is 4.17. The van der Waals surface area contributed by atoms with Crippen molar-refractivity contribution >= 4 is 5.91 Å². The first-order chi connectivity index (χ1) is 15.0. The summed E-state index contributed by atoms with van der Waals surface area (Å²) in [5.41, 5.74) is -0.543. The quantitative estimate of drug-likeness (QED) is 0.631. The molecule has 1 amide bonds. The van der Waals surface area contributed by atoms with Gasteiger partial charge in [-0.05, 0) is 24.6 Å². The van der Waals surface area contributed by atoms with Crippen LogP contribution in [0.3, 0.4) is 0 Å². The standard InChI is InChI=1S/C22H21FN4O4/c1-15-5-4-6-16(13-15)14-26-21(29)19(20(28)25-9-11-31-12-10-25)24-27(22(26)30)18-8-3-2-7-17(18)23/h2-8,13H,9-12,14H2,1H3. The third-order valence-electron chi connectivity index (χ3n) is 5.06. The molecular weight excluding hydrogens is 403 g/mol. The lowest BCUT2D eigenvalue weighted by molar-refractivity contribution is 0.0295. The van der Waals surface area contributed by atoms with E-state index in [0.29, 0.717) is 31.9 Å². The zero-order chi connectivity index (χ0) is 22.0. The first kappa shape index (κ1) is 20.7. The highest BCUT2D eigenvalue weighted by atomic mass is 19.1. The third-order valence-corrected chi connectivity index (χ3v) is 5.06. The van der Waals surface area contributed by atoms with Crippen LogP contribution in [0.4, 0.5) is 4.39 Å². The summed E-state index contributed by atoms with van der Waals surface area (Å²) < 4.78 is 21.4. The topological polar surface area (TPSA) is 86.4 Å². The van der Waals surface area contributed by atoms with Crippen LogP contribution >= 0.6 is 0 Å². The molecule has 2 aromatic carbocycles. The van der Waals surface area contributed by atoms with Gasteiger partial charge in [0.05, 0.1) is 19.8 Å². The van der Waals surface area contributed by atoms with Gasteiger partial charge in [0.2, 0.25) is 5.69 Å². The highest BCUT2D eigenvalue weighted by Crippen LogP contribution is 2.11. The number of aromatic nitrogens is 3. The summed E-state index contributed by atoms with van der Waals surface area (Å²) in [4.78, 5) is 40.8. The maximum absolute atomic E-state index is 14.5. The molecule has 1 aliphatic heterocycles. The van der Waals surface area contributed by atoms with Crippen LogP contribution in [-0.2, 0) is 11.3 Å². The van der Waals surface area contributed by atoms with Crippen molar-refractivity contribution in [1.29, 1.82) is 0 Å². The van der Waals surface area contributed by atoms with Crippen LogP contribution in [0.2, 0.25) is 0 Å². The van der Waals surface area contributed by atoms with Crippen LogP contribution in [0.5, 0.6) is 0 Å². The van der Waals surface area contributed by atoms with Crippen LogP contribution in [0.25, 0.3) is 5.69 Å². The lowest BCUT2D eigenvalue weighted by Gasteiger charge is -2.26. The number of morpholine rings is 1. The van der Waals surface area contributed by atoms with Gasteiger partial charge in [-0.15, -0.1) is 0 Å². The number of benzene rings is 2. The average Bonchev–Trinajstić information content (AvgIpc) is 2.78. The summed E-state index contributed by atoms with van der Waals surface area (Å²) in [6.45, 7) is 3.11. The molecule has 2 heterocycles. The van der Waals surface area contributed by atoms with Crippen LogP contribution in [-0.4, -0.2) is 51.5 Å². The minimum Gasteiger partial charge on any atom is -0.378 e. The molecule has 1 fully saturated rings. The zero-order valence-corrected chi connectivity index (χ0v) is 17.0. The molecule has 0 N–H and O–H groups in total. The number of para-hydroxylation sites is 1. The fraction of sp³-hybridized carbons (Fsp3) is 0.273. The summed E-state index contributed by atoms with van der Waals surface area (Å²) >= 11 is 0. The second-order valence-electron chi connectivity index (χ2n) is 7.28. The number of ether oxygens (including phenoxy) is 1. The van der Waals surface area contributed by atoms with E-state index < -0.39 is 28.7 Å². The highest BCUT2D eigenvalue weighted by molar-refractivity contribution is 5.91. The number of aryl methyl sites for hydroxylation is 1. The molecule has 1 aromatic heterocycles. The maximum Gasteiger partial charge on any atom is 0.352 e. The molecule has 160 valence electrons. The van der Waals surface area contributed by atoms with E-state index in [0.717, 1.165) is 14.8 Å². The summed E-state index contributed by atoms with van der Waals surface area (Å²) in [6.07, 6.45) is 0. The molecule has 8 nitrogen and oxygen atoms in total. The Kier molecular flexibility index (Phi) is 5.77. The highest BCUT2D eigenvalue weighted by Gasteiger charge is 2.26. The Hall–Kier alpha value is -3.59. The van der Waals surface area contributed by atoms with Crippen molar-refractivity contribution in [2.75, 3.05) is 26.3 Å². The fourth-order valence-electron chi connectivity index (χ4n) is 3.48. The molecular formula is C22H21FN4O4. The molecule has 4 rings (SSSR count). The molecule has 9 heteroatoms. The number of halogens is 1. The fourth-order valence-corrected chi connectivity index (χ4v) is 3.48. The number of amides is 1. The molecule has 0 radical (unpaired) electrons. The van der Waals surface area contributed by atoms with E-state index in [1.807, 2.05) is 25.1 Å². The van der Waals surface area contributed by atoms with Crippen LogP contribution in [0, 0.1) is 12.7 Å². The SMILES string of the molecule is Cc1cccc(Cn2c(=O)c(C(=O)N3CCOCC3)nn(-c3ccccc3F)c2=O)c1. The average molecular weight is 424 g/mol. The van der Waals surface area contributed by atoms with Gasteiger partial charge in [0.1, 0.15) is 11.5 Å². The molecule has 0 spiro atoms. The Labute approximate surface area is 177 Å². The lowest BCUT2D eigenvalue weighted by Crippen LogP contribution is -2.49. The van der Waals surface area contributed by atoms with Crippen molar-refractivity contribution in [3.8, 4) is 5.69 Å². The van der Waals surface area contributed by atoms with Gasteiger partial charge in [-0.3, -0.25) is 14.2 Å². The molecule has 31 heavy (non-hydrogen) atoms. The summed E-state index contributed by atoms with van der Waals surface area (Å²) in [7, 11) is 0. The van der Waals surface area contributed by atoms with Gasteiger partial charge in [-0.25, -0.2) is 9.18 Å². The molecule has 3 aromatic rings. The van der Waals surface area contributed by atoms with E-state index in [9.17, 15) is 18.8 Å². The number of carbonyl (C=O) groups excluding carboxylic acids is 1. The zero-order valence-electron chi connectivity index (χ0n) is 17.0. The van der Waals surface area contributed by atoms with Gasteiger partial charge in [-0.2, -0.15) is 9.78 Å². The van der Waals surface area contributed by atoms with E-state index in [1.165, 1.54) is 23.1 Å². The summed E-state index contributed by atoms with van der Waals surface area (Å²) in [5, 5.41) is 4.00. The van der Waals surface area contributed by atoms with Gasteiger partial charge < -0.3 is 9.64 Å². The molecule has 0 unspecified atom stereocenters. The molecule has 0 aliphatic carbocycles. The Bertz CT molecular complexity index is 1240. The molecule has 0 bridgehead atoms. The van der Waals surface area contributed by atoms with Crippen molar-refractivity contribution in [2.45, 2.75) is 13.5 Å². The lowest BCUT2D eigenvalue weighted by atomic mass is 10.1. The predicted molar refractivity (Wildman–Crippen MR) is 111 cm³/mol. The smallest absolute Gasteiger partial charge is 0.352 e. The van der Waals surface area contributed by atoms with Gasteiger partial charge in [0.15, 0.2) is 0 Å². The van der Waals surface area contributed by atoms with E-state index in [4.69, 9.17) is 4.74 Å². The van der Waals surface area contributed by atoms with Gasteiger partial charge in [0.25, 0.3) is 11.5 Å². The van der Waals surface area contributed by atoms with E-state index in [2.05, 4.69) is 5.10 Å². The van der Waals surface area contributed by atoms with E-state index >= 15 is 0 Å². The Morgan fingerprint density at radius 1 is 1.10 bits per heavy atom. The first-order valence-electron chi connectivity index (χ1n) is 9.87. The number of hydrogen-bond acceptors (Lipinski definition) is 5. The Morgan fingerprint density at radius 3 is 2.55 bits per heavy atom. The minimum absolute atomic E-state index is 0.0697. The molecule has 0 atom stereocenters. The summed E-state index contributed by atoms with van der Waals surface area (Å²) in [6, 6.07) is 12.9. The van der Waals surface area contributed by atoms with E-state index in [-0.39, 0.29) is 12.2 Å². The monoisotopic (exact) mass is 424 g/mol. The van der Waals surface area contributed by atoms with Crippen LogP contribution < -0.4 is 11.2 Å². The van der Waals surface area contributed by atoms with Crippen molar-refractivity contribution in [1.82, 2.24) is 19.2 Å². The van der Waals surface area contributed by atoms with E-state index in [1.54, 1.807) is 12.1 Å². The van der Waals surface area contributed by atoms with Crippen molar-refractivity contribution < 1.29 is 13.9 Å². The van der Waals surface area contributed by atoms with Gasteiger partial charge in [-0.1, -0.05) is 42.0 Å². The number of hydrogen-bond donors (Lipinski definition) is 0. The maximum atomic E-state index is 14.5. The number of carbonyl (C=O) groups is 1. The van der Waals surface area contributed by atoms with Crippen molar-refractivity contribution in [2.24, 2.45) is 0 Å². The Balaban J connectivity index is 1.89.